The summed E-state index contributed by atoms with van der Waals surface area (Å²) in [5.41, 5.74) is 6.77. The van der Waals surface area contributed by atoms with Crippen LogP contribution >= 0.6 is 0 Å². The first kappa shape index (κ1) is 14.8. The van der Waals surface area contributed by atoms with Crippen molar-refractivity contribution in [2.24, 2.45) is 5.73 Å². The van der Waals surface area contributed by atoms with E-state index in [0.29, 0.717) is 13.0 Å². The Bertz CT molecular complexity index is 464. The standard InChI is InChI=1S/C15H23N3O2/c1-17-6-7-18(13(10-16)11-17)15(19)9-12-4-3-5-14(8-12)20-2/h3-5,8,13H,6-7,9-11,16H2,1-2H3. The van der Waals surface area contributed by atoms with Gasteiger partial charge in [0.2, 0.25) is 5.91 Å². The molecule has 1 saturated heterocycles. The maximum absolute atomic E-state index is 12.5. The Balaban J connectivity index is 2.03. The second kappa shape index (κ2) is 6.72. The fourth-order valence-electron chi connectivity index (χ4n) is 2.60. The maximum Gasteiger partial charge on any atom is 0.227 e. The van der Waals surface area contributed by atoms with Crippen molar-refractivity contribution >= 4 is 5.91 Å². The molecule has 1 aromatic rings. The lowest BCUT2D eigenvalue weighted by molar-refractivity contribution is -0.134. The highest BCUT2D eigenvalue weighted by Crippen LogP contribution is 2.15. The summed E-state index contributed by atoms with van der Waals surface area (Å²) in [6.07, 6.45) is 0.400. The number of piperazine rings is 1. The third-order valence-corrected chi connectivity index (χ3v) is 3.77. The van der Waals surface area contributed by atoms with Crippen LogP contribution in [0, 0.1) is 0 Å². The van der Waals surface area contributed by atoms with Crippen LogP contribution in [0.3, 0.4) is 0 Å². The van der Waals surface area contributed by atoms with Crippen LogP contribution in [0.25, 0.3) is 0 Å². The Kier molecular flexibility index (Phi) is 4.98. The second-order valence-corrected chi connectivity index (χ2v) is 5.27. The van der Waals surface area contributed by atoms with Gasteiger partial charge in [-0.2, -0.15) is 0 Å². The largest absolute Gasteiger partial charge is 0.497 e. The van der Waals surface area contributed by atoms with Crippen molar-refractivity contribution in [2.75, 3.05) is 40.3 Å². The van der Waals surface area contributed by atoms with Gasteiger partial charge in [0.05, 0.1) is 19.6 Å². The number of carbonyl (C=O) groups excluding carboxylic acids is 1. The first-order valence-corrected chi connectivity index (χ1v) is 6.95. The lowest BCUT2D eigenvalue weighted by Gasteiger charge is -2.39. The molecule has 1 amide bonds. The van der Waals surface area contributed by atoms with E-state index < -0.39 is 0 Å². The Morgan fingerprint density at radius 1 is 1.45 bits per heavy atom. The van der Waals surface area contributed by atoms with Gasteiger partial charge in [-0.1, -0.05) is 12.1 Å². The van der Waals surface area contributed by atoms with E-state index >= 15 is 0 Å². The van der Waals surface area contributed by atoms with Gasteiger partial charge in [-0.05, 0) is 24.7 Å². The average Bonchev–Trinajstić information content (AvgIpc) is 2.47. The summed E-state index contributed by atoms with van der Waals surface area (Å²) < 4.78 is 5.19. The van der Waals surface area contributed by atoms with Gasteiger partial charge in [-0.3, -0.25) is 4.79 Å². The van der Waals surface area contributed by atoms with Crippen LogP contribution < -0.4 is 10.5 Å². The summed E-state index contributed by atoms with van der Waals surface area (Å²) in [5.74, 6) is 0.922. The molecule has 2 rings (SSSR count). The Hall–Kier alpha value is -1.59. The fourth-order valence-corrected chi connectivity index (χ4v) is 2.60. The predicted octanol–water partition coefficient (Wildman–Crippen LogP) is 0.339. The molecule has 2 N–H and O–H groups in total. The SMILES string of the molecule is COc1cccc(CC(=O)N2CCN(C)CC2CN)c1. The molecule has 1 aliphatic rings. The minimum absolute atomic E-state index is 0.117. The number of hydrogen-bond acceptors (Lipinski definition) is 4. The quantitative estimate of drug-likeness (QED) is 0.862. The molecule has 1 aromatic carbocycles. The lowest BCUT2D eigenvalue weighted by Crippen LogP contribution is -2.57. The van der Waals surface area contributed by atoms with E-state index in [1.165, 1.54) is 0 Å². The monoisotopic (exact) mass is 277 g/mol. The molecular formula is C15H23N3O2. The van der Waals surface area contributed by atoms with Gasteiger partial charge in [-0.25, -0.2) is 0 Å². The van der Waals surface area contributed by atoms with Crippen LogP contribution in [-0.4, -0.2) is 62.1 Å². The Morgan fingerprint density at radius 2 is 2.25 bits per heavy atom. The number of hydrogen-bond donors (Lipinski definition) is 1. The fraction of sp³-hybridized carbons (Fsp3) is 0.533. The molecule has 1 atom stereocenters. The second-order valence-electron chi connectivity index (χ2n) is 5.27. The molecule has 5 heteroatoms. The van der Waals surface area contributed by atoms with Crippen molar-refractivity contribution in [3.05, 3.63) is 29.8 Å². The van der Waals surface area contributed by atoms with Crippen LogP contribution in [-0.2, 0) is 11.2 Å². The smallest absolute Gasteiger partial charge is 0.227 e. The van der Waals surface area contributed by atoms with E-state index in [1.54, 1.807) is 7.11 Å². The zero-order valence-electron chi connectivity index (χ0n) is 12.2. The molecule has 1 fully saturated rings. The molecule has 20 heavy (non-hydrogen) atoms. The van der Waals surface area contributed by atoms with Gasteiger partial charge in [0.25, 0.3) is 0 Å². The number of methoxy groups -OCH3 is 1. The third kappa shape index (κ3) is 3.49. The molecule has 0 radical (unpaired) electrons. The van der Waals surface area contributed by atoms with Crippen molar-refractivity contribution in [1.29, 1.82) is 0 Å². The minimum Gasteiger partial charge on any atom is -0.497 e. The van der Waals surface area contributed by atoms with Gasteiger partial charge in [0.15, 0.2) is 0 Å². The molecule has 0 spiro atoms. The van der Waals surface area contributed by atoms with Crippen molar-refractivity contribution < 1.29 is 9.53 Å². The van der Waals surface area contributed by atoms with E-state index in [-0.39, 0.29) is 11.9 Å². The van der Waals surface area contributed by atoms with E-state index in [0.717, 1.165) is 30.9 Å². The van der Waals surface area contributed by atoms with Crippen molar-refractivity contribution in [3.63, 3.8) is 0 Å². The van der Waals surface area contributed by atoms with Gasteiger partial charge in [0, 0.05) is 26.2 Å². The summed E-state index contributed by atoms with van der Waals surface area (Å²) in [5, 5.41) is 0. The zero-order valence-corrected chi connectivity index (χ0v) is 12.2. The minimum atomic E-state index is 0.117. The molecule has 0 bridgehead atoms. The molecule has 0 saturated carbocycles. The van der Waals surface area contributed by atoms with Gasteiger partial charge in [-0.15, -0.1) is 0 Å². The molecule has 110 valence electrons. The predicted molar refractivity (Wildman–Crippen MR) is 78.8 cm³/mol. The Morgan fingerprint density at radius 3 is 2.95 bits per heavy atom. The third-order valence-electron chi connectivity index (χ3n) is 3.77. The number of benzene rings is 1. The molecule has 0 aromatic heterocycles. The molecule has 5 nitrogen and oxygen atoms in total. The number of amides is 1. The highest BCUT2D eigenvalue weighted by Gasteiger charge is 2.27. The molecule has 0 aliphatic carbocycles. The number of likely N-dealkylation sites (N-methyl/N-ethyl adjacent to an activating group) is 1. The van der Waals surface area contributed by atoms with Crippen LogP contribution in [0.5, 0.6) is 5.75 Å². The first-order valence-electron chi connectivity index (χ1n) is 6.95. The number of rotatable bonds is 4. The maximum atomic E-state index is 12.5. The summed E-state index contributed by atoms with van der Waals surface area (Å²) in [7, 11) is 3.69. The summed E-state index contributed by atoms with van der Waals surface area (Å²) in [6.45, 7) is 3.01. The van der Waals surface area contributed by atoms with Crippen molar-refractivity contribution in [2.45, 2.75) is 12.5 Å². The van der Waals surface area contributed by atoms with Crippen molar-refractivity contribution in [3.8, 4) is 5.75 Å². The van der Waals surface area contributed by atoms with E-state index in [9.17, 15) is 4.79 Å². The van der Waals surface area contributed by atoms with E-state index in [1.807, 2.05) is 29.2 Å². The topological polar surface area (TPSA) is 58.8 Å². The van der Waals surface area contributed by atoms with Crippen molar-refractivity contribution in [1.82, 2.24) is 9.80 Å². The average molecular weight is 277 g/mol. The normalized spacial score (nSPS) is 19.9. The number of nitrogens with zero attached hydrogens (tertiary/aromatic N) is 2. The zero-order chi connectivity index (χ0) is 14.5. The molecule has 1 aliphatic heterocycles. The van der Waals surface area contributed by atoms with Gasteiger partial charge >= 0.3 is 0 Å². The highest BCUT2D eigenvalue weighted by molar-refractivity contribution is 5.79. The van der Waals surface area contributed by atoms with Crippen LogP contribution in [0.1, 0.15) is 5.56 Å². The highest BCUT2D eigenvalue weighted by atomic mass is 16.5. The number of carbonyl (C=O) groups is 1. The molecule has 1 unspecified atom stereocenters. The molecule has 1 heterocycles. The Labute approximate surface area is 120 Å². The summed E-state index contributed by atoms with van der Waals surface area (Å²) in [4.78, 5) is 16.6. The van der Waals surface area contributed by atoms with Crippen LogP contribution in [0.15, 0.2) is 24.3 Å². The summed E-state index contributed by atoms with van der Waals surface area (Å²) >= 11 is 0. The van der Waals surface area contributed by atoms with Crippen LogP contribution in [0.2, 0.25) is 0 Å². The summed E-state index contributed by atoms with van der Waals surface area (Å²) in [6, 6.07) is 7.77. The first-order chi connectivity index (χ1) is 9.63. The lowest BCUT2D eigenvalue weighted by atomic mass is 10.1. The van der Waals surface area contributed by atoms with Gasteiger partial charge in [0.1, 0.15) is 5.75 Å². The van der Waals surface area contributed by atoms with Crippen LogP contribution in [0.4, 0.5) is 0 Å². The molecular weight excluding hydrogens is 254 g/mol. The number of ether oxygens (including phenoxy) is 1. The van der Waals surface area contributed by atoms with E-state index in [2.05, 4.69) is 11.9 Å². The van der Waals surface area contributed by atoms with Gasteiger partial charge < -0.3 is 20.3 Å². The number of nitrogens with two attached hydrogens (primary N) is 1. The van der Waals surface area contributed by atoms with E-state index in [4.69, 9.17) is 10.5 Å².